The van der Waals surface area contributed by atoms with Crippen molar-refractivity contribution in [3.05, 3.63) is 91.0 Å². The van der Waals surface area contributed by atoms with Crippen LogP contribution < -0.4 is 15.2 Å². The first-order chi connectivity index (χ1) is 20.8. The minimum atomic E-state index is -0.491. The van der Waals surface area contributed by atoms with Crippen LogP contribution in [0.1, 0.15) is 30.3 Å². The van der Waals surface area contributed by atoms with E-state index in [0.717, 1.165) is 24.0 Å². The molecule has 0 aliphatic heterocycles. The second-order valence-corrected chi connectivity index (χ2v) is 10.4. The molecule has 11 nitrogen and oxygen atoms in total. The number of likely N-dealkylation sites (N-methyl/N-ethyl adjacent to an activating group) is 1. The first-order valence-electron chi connectivity index (χ1n) is 13.7. The van der Waals surface area contributed by atoms with Gasteiger partial charge in [-0.15, -0.1) is 0 Å². The molecule has 218 valence electrons. The minimum absolute atomic E-state index is 0.0566. The molecule has 6 rings (SSSR count). The van der Waals surface area contributed by atoms with Crippen LogP contribution in [0.25, 0.3) is 22.3 Å². The highest BCUT2D eigenvalue weighted by molar-refractivity contribution is 5.98. The van der Waals surface area contributed by atoms with Crippen molar-refractivity contribution in [2.45, 2.75) is 38.5 Å². The van der Waals surface area contributed by atoms with Crippen molar-refractivity contribution in [3.63, 3.8) is 0 Å². The first kappa shape index (κ1) is 27.8. The number of carbonyl (C=O) groups is 1. The van der Waals surface area contributed by atoms with Gasteiger partial charge in [0.1, 0.15) is 53.3 Å². The number of carbonyl (C=O) groups excluding carboxylic acids is 1. The van der Waals surface area contributed by atoms with Crippen LogP contribution in [0.2, 0.25) is 0 Å². The molecule has 0 spiro atoms. The van der Waals surface area contributed by atoms with Gasteiger partial charge in [0.05, 0.1) is 11.4 Å². The van der Waals surface area contributed by atoms with Gasteiger partial charge in [-0.05, 0) is 50.1 Å². The van der Waals surface area contributed by atoms with Crippen LogP contribution >= 0.6 is 0 Å². The Bertz CT molecular complexity index is 1800. The number of nitrogens with two attached hydrogens (primary N) is 1. The van der Waals surface area contributed by atoms with Crippen molar-refractivity contribution >= 4 is 22.8 Å². The largest absolute Gasteiger partial charge is 0.489 e. The Hall–Kier alpha value is -5.39. The number of rotatable bonds is 9. The van der Waals surface area contributed by atoms with Crippen molar-refractivity contribution in [2.75, 3.05) is 12.8 Å². The summed E-state index contributed by atoms with van der Waals surface area (Å²) in [6.45, 7) is 5.56. The lowest BCUT2D eigenvalue weighted by Crippen LogP contribution is -2.45. The maximum absolute atomic E-state index is 14.4. The van der Waals surface area contributed by atoms with E-state index in [1.807, 2.05) is 16.8 Å². The van der Waals surface area contributed by atoms with Gasteiger partial charge in [-0.25, -0.2) is 29.0 Å². The van der Waals surface area contributed by atoms with Crippen LogP contribution in [0.15, 0.2) is 73.8 Å². The number of hydrogen-bond acceptors (Lipinski definition) is 9. The summed E-state index contributed by atoms with van der Waals surface area (Å²) in [5, 5.41) is 5.54. The smallest absolute Gasteiger partial charge is 0.245 e. The average Bonchev–Trinajstić information content (AvgIpc) is 3.36. The number of aryl methyl sites for hydroxylation is 1. The Morgan fingerprint density at radius 3 is 2.53 bits per heavy atom. The number of nitrogen functional groups attached to an aromatic ring is 1. The molecule has 3 aromatic heterocycles. The van der Waals surface area contributed by atoms with Crippen LogP contribution in [0.5, 0.6) is 17.2 Å². The number of nitrogens with zero attached hydrogens (tertiary/aromatic N) is 7. The SMILES string of the molecule is C=CC(=O)N(C)[C@H]1C[C@@H](n2nc(-c3ccc(Oc4cc(F)cc(OCc5cnc(C)nc5)c4)cc3)c3c(N)ncnc32)C1. The molecule has 0 unspecified atom stereocenters. The quantitative estimate of drug-likeness (QED) is 0.238. The monoisotopic (exact) mass is 580 g/mol. The van der Waals surface area contributed by atoms with E-state index < -0.39 is 5.82 Å². The van der Waals surface area contributed by atoms with Gasteiger partial charge in [0.15, 0.2) is 5.65 Å². The van der Waals surface area contributed by atoms with Gasteiger partial charge in [-0.1, -0.05) is 6.58 Å². The molecule has 2 aromatic carbocycles. The first-order valence-corrected chi connectivity index (χ1v) is 13.7. The van der Waals surface area contributed by atoms with Gasteiger partial charge in [-0.3, -0.25) is 4.79 Å². The van der Waals surface area contributed by atoms with Crippen molar-refractivity contribution in [3.8, 4) is 28.5 Å². The van der Waals surface area contributed by atoms with E-state index in [0.29, 0.717) is 39.9 Å². The molecule has 1 saturated carbocycles. The molecule has 1 fully saturated rings. The molecule has 0 bridgehead atoms. The number of ether oxygens (including phenoxy) is 2. The topological polar surface area (TPSA) is 134 Å². The molecule has 5 aromatic rings. The second kappa shape index (κ2) is 11.5. The van der Waals surface area contributed by atoms with Crippen LogP contribution in [-0.2, 0) is 11.4 Å². The van der Waals surface area contributed by atoms with E-state index in [4.69, 9.17) is 20.3 Å². The molecule has 3 heterocycles. The van der Waals surface area contributed by atoms with Gasteiger partial charge in [0.2, 0.25) is 5.91 Å². The Labute approximate surface area is 246 Å². The summed E-state index contributed by atoms with van der Waals surface area (Å²) in [7, 11) is 1.78. The summed E-state index contributed by atoms with van der Waals surface area (Å²) in [5.74, 6) is 1.49. The summed E-state index contributed by atoms with van der Waals surface area (Å²) >= 11 is 0. The van der Waals surface area contributed by atoms with E-state index >= 15 is 0 Å². The predicted molar refractivity (Wildman–Crippen MR) is 158 cm³/mol. The molecule has 12 heteroatoms. The van der Waals surface area contributed by atoms with Gasteiger partial charge in [0.25, 0.3) is 0 Å². The molecule has 1 aliphatic carbocycles. The van der Waals surface area contributed by atoms with Gasteiger partial charge >= 0.3 is 0 Å². The molecule has 1 aliphatic rings. The fourth-order valence-electron chi connectivity index (χ4n) is 5.01. The summed E-state index contributed by atoms with van der Waals surface area (Å²) in [6.07, 6.45) is 7.55. The van der Waals surface area contributed by atoms with Crippen LogP contribution in [-0.4, -0.2) is 53.6 Å². The van der Waals surface area contributed by atoms with Crippen molar-refractivity contribution in [1.82, 2.24) is 34.6 Å². The third-order valence-electron chi connectivity index (χ3n) is 7.47. The van der Waals surface area contributed by atoms with Crippen LogP contribution in [0.3, 0.4) is 0 Å². The maximum atomic E-state index is 14.4. The Balaban J connectivity index is 1.19. The molecule has 2 N–H and O–H groups in total. The normalized spacial score (nSPS) is 16.0. The number of hydrogen-bond donors (Lipinski definition) is 1. The molecular weight excluding hydrogens is 551 g/mol. The predicted octanol–water partition coefficient (Wildman–Crippen LogP) is 5.03. The lowest BCUT2D eigenvalue weighted by Gasteiger charge is -2.40. The highest BCUT2D eigenvalue weighted by atomic mass is 19.1. The molecule has 0 saturated heterocycles. The summed E-state index contributed by atoms with van der Waals surface area (Å²) in [6, 6.07) is 11.6. The Kier molecular flexibility index (Phi) is 7.41. The number of benzene rings is 2. The lowest BCUT2D eigenvalue weighted by molar-refractivity contribution is -0.129. The molecule has 0 radical (unpaired) electrons. The van der Waals surface area contributed by atoms with Crippen LogP contribution in [0, 0.1) is 12.7 Å². The average molecular weight is 581 g/mol. The van der Waals surface area contributed by atoms with Crippen LogP contribution in [0.4, 0.5) is 10.2 Å². The van der Waals surface area contributed by atoms with Gasteiger partial charge < -0.3 is 20.1 Å². The molecule has 1 amide bonds. The van der Waals surface area contributed by atoms with E-state index in [2.05, 4.69) is 26.5 Å². The van der Waals surface area contributed by atoms with Gasteiger partial charge in [-0.2, -0.15) is 5.10 Å². The maximum Gasteiger partial charge on any atom is 0.245 e. The third kappa shape index (κ3) is 5.71. The number of fused-ring (bicyclic) bond motifs is 1. The van der Waals surface area contributed by atoms with Crippen molar-refractivity contribution < 1.29 is 18.7 Å². The number of halogens is 1. The van der Waals surface area contributed by atoms with E-state index in [-0.39, 0.29) is 30.3 Å². The summed E-state index contributed by atoms with van der Waals surface area (Å²) < 4.78 is 27.9. The van der Waals surface area contributed by atoms with Crippen molar-refractivity contribution in [1.29, 1.82) is 0 Å². The minimum Gasteiger partial charge on any atom is -0.489 e. The number of aromatic nitrogens is 6. The van der Waals surface area contributed by atoms with E-state index in [1.54, 1.807) is 49.5 Å². The third-order valence-corrected chi connectivity index (χ3v) is 7.47. The van der Waals surface area contributed by atoms with E-state index in [1.165, 1.54) is 24.5 Å². The zero-order valence-electron chi connectivity index (χ0n) is 23.6. The highest BCUT2D eigenvalue weighted by Gasteiger charge is 2.37. The fraction of sp³-hybridized carbons (Fsp3) is 0.226. The number of anilines is 1. The van der Waals surface area contributed by atoms with Crippen molar-refractivity contribution in [2.24, 2.45) is 0 Å². The zero-order valence-corrected chi connectivity index (χ0v) is 23.6. The molecular formula is C31H29FN8O3. The van der Waals surface area contributed by atoms with Gasteiger partial charge in [0, 0.05) is 54.8 Å². The summed E-state index contributed by atoms with van der Waals surface area (Å²) in [4.78, 5) is 30.7. The molecule has 0 atom stereocenters. The highest BCUT2D eigenvalue weighted by Crippen LogP contribution is 2.40. The summed E-state index contributed by atoms with van der Waals surface area (Å²) in [5.41, 5.74) is 9.11. The Morgan fingerprint density at radius 1 is 1.09 bits per heavy atom. The molecule has 43 heavy (non-hydrogen) atoms. The zero-order chi connectivity index (χ0) is 30.1. The second-order valence-electron chi connectivity index (χ2n) is 10.4. The van der Waals surface area contributed by atoms with E-state index in [9.17, 15) is 9.18 Å². The Morgan fingerprint density at radius 2 is 1.81 bits per heavy atom. The number of amides is 1. The standard InChI is InChI=1S/C31H29FN8O3/c1-4-27(41)39(3)22-11-23(12-22)40-31-28(30(33)36-17-37-31)29(38-40)20-5-7-24(8-6-20)43-26-10-21(32)9-25(13-26)42-16-19-14-34-18(2)35-15-19/h4-10,13-15,17,22-23H,1,11-12,16H2,2-3H3,(H2,33,36,37)/t22-,23+. The lowest BCUT2D eigenvalue weighted by atomic mass is 9.85. The fourth-order valence-corrected chi connectivity index (χ4v) is 5.01.